The molecule has 0 heterocycles. The summed E-state index contributed by atoms with van der Waals surface area (Å²) in [7, 11) is 0. The number of anilines is 1. The van der Waals surface area contributed by atoms with E-state index in [2.05, 4.69) is 10.6 Å². The fourth-order valence-electron chi connectivity index (χ4n) is 2.37. The molecular weight excluding hydrogens is 395 g/mol. The lowest BCUT2D eigenvalue weighted by Crippen LogP contribution is -2.32. The van der Waals surface area contributed by atoms with E-state index in [1.54, 1.807) is 12.1 Å². The van der Waals surface area contributed by atoms with Gasteiger partial charge in [0.2, 0.25) is 0 Å². The van der Waals surface area contributed by atoms with Crippen LogP contribution in [0.2, 0.25) is 0 Å². The number of hydrogen-bond acceptors (Lipinski definition) is 6. The summed E-state index contributed by atoms with van der Waals surface area (Å²) in [6.07, 6.45) is 0. The summed E-state index contributed by atoms with van der Waals surface area (Å²) in [5.41, 5.74) is 0.648. The number of carbonyl (C=O) groups excluding carboxylic acids is 3. The molecule has 0 saturated heterocycles. The third-order valence-corrected chi connectivity index (χ3v) is 3.69. The van der Waals surface area contributed by atoms with Gasteiger partial charge in [0, 0.05) is 11.3 Å². The standard InChI is InChI=1S/C21H23FN2O6/c1-3-28-17-10-5-14(11-18(17)29-4-2)21(27)23-12-20(26)30-13-19(25)24-16-8-6-15(22)7-9-16/h5-11H,3-4,12-13H2,1-2H3,(H,23,27)(H,24,25). The number of ether oxygens (including phenoxy) is 3. The van der Waals surface area contributed by atoms with Gasteiger partial charge in [-0.3, -0.25) is 14.4 Å². The Balaban J connectivity index is 1.81. The maximum atomic E-state index is 12.8. The molecule has 2 N–H and O–H groups in total. The van der Waals surface area contributed by atoms with Crippen molar-refractivity contribution in [3.05, 3.63) is 53.8 Å². The summed E-state index contributed by atoms with van der Waals surface area (Å²) in [5, 5.41) is 4.87. The Kier molecular flexibility index (Phi) is 8.61. The molecular formula is C21H23FN2O6. The zero-order valence-corrected chi connectivity index (χ0v) is 16.7. The van der Waals surface area contributed by atoms with Gasteiger partial charge in [-0.05, 0) is 56.3 Å². The molecule has 2 aromatic carbocycles. The Morgan fingerprint density at radius 2 is 1.60 bits per heavy atom. The molecule has 0 aliphatic heterocycles. The van der Waals surface area contributed by atoms with Gasteiger partial charge in [-0.25, -0.2) is 4.39 Å². The number of benzene rings is 2. The molecule has 8 nitrogen and oxygen atoms in total. The van der Waals surface area contributed by atoms with Gasteiger partial charge in [0.05, 0.1) is 13.2 Å². The number of esters is 1. The van der Waals surface area contributed by atoms with Crippen LogP contribution in [0.1, 0.15) is 24.2 Å². The number of amides is 2. The van der Waals surface area contributed by atoms with E-state index in [0.717, 1.165) is 0 Å². The SMILES string of the molecule is CCOc1ccc(C(=O)NCC(=O)OCC(=O)Nc2ccc(F)cc2)cc1OCC. The summed E-state index contributed by atoms with van der Waals surface area (Å²) in [4.78, 5) is 35.8. The van der Waals surface area contributed by atoms with Crippen molar-refractivity contribution in [2.75, 3.05) is 31.7 Å². The monoisotopic (exact) mass is 418 g/mol. The summed E-state index contributed by atoms with van der Waals surface area (Å²) in [6, 6.07) is 9.81. The predicted molar refractivity (Wildman–Crippen MR) is 107 cm³/mol. The first-order chi connectivity index (χ1) is 14.4. The van der Waals surface area contributed by atoms with Gasteiger partial charge in [0.25, 0.3) is 11.8 Å². The Morgan fingerprint density at radius 3 is 2.27 bits per heavy atom. The van der Waals surface area contributed by atoms with Gasteiger partial charge < -0.3 is 24.8 Å². The molecule has 9 heteroatoms. The lowest BCUT2D eigenvalue weighted by Gasteiger charge is -2.12. The average Bonchev–Trinajstić information content (AvgIpc) is 2.73. The number of halogens is 1. The molecule has 0 bridgehead atoms. The molecule has 2 rings (SSSR count). The van der Waals surface area contributed by atoms with E-state index in [4.69, 9.17) is 14.2 Å². The van der Waals surface area contributed by atoms with Crippen molar-refractivity contribution in [3.8, 4) is 11.5 Å². The third kappa shape index (κ3) is 7.08. The zero-order valence-electron chi connectivity index (χ0n) is 16.7. The fourth-order valence-corrected chi connectivity index (χ4v) is 2.37. The normalized spacial score (nSPS) is 10.1. The van der Waals surface area contributed by atoms with E-state index in [1.165, 1.54) is 30.3 Å². The highest BCUT2D eigenvalue weighted by atomic mass is 19.1. The quantitative estimate of drug-likeness (QED) is 0.575. The molecule has 0 aliphatic carbocycles. The Morgan fingerprint density at radius 1 is 0.933 bits per heavy atom. The van der Waals surface area contributed by atoms with Crippen molar-refractivity contribution >= 4 is 23.5 Å². The molecule has 0 aromatic heterocycles. The van der Waals surface area contributed by atoms with E-state index in [0.29, 0.717) is 30.4 Å². The number of nitrogens with one attached hydrogen (secondary N) is 2. The van der Waals surface area contributed by atoms with Crippen LogP contribution < -0.4 is 20.1 Å². The Labute approximate surface area is 173 Å². The van der Waals surface area contributed by atoms with Crippen LogP contribution in [0.5, 0.6) is 11.5 Å². The number of hydrogen-bond donors (Lipinski definition) is 2. The first-order valence-electron chi connectivity index (χ1n) is 9.31. The maximum Gasteiger partial charge on any atom is 0.325 e. The van der Waals surface area contributed by atoms with Gasteiger partial charge in [-0.2, -0.15) is 0 Å². The van der Waals surface area contributed by atoms with E-state index in [-0.39, 0.29) is 5.56 Å². The zero-order chi connectivity index (χ0) is 21.9. The molecule has 0 aliphatic rings. The van der Waals surface area contributed by atoms with Gasteiger partial charge in [0.1, 0.15) is 12.4 Å². The maximum absolute atomic E-state index is 12.8. The van der Waals surface area contributed by atoms with Crippen LogP contribution in [0.4, 0.5) is 10.1 Å². The van der Waals surface area contributed by atoms with Crippen LogP contribution in [0.3, 0.4) is 0 Å². The van der Waals surface area contributed by atoms with Gasteiger partial charge in [0.15, 0.2) is 18.1 Å². The Bertz CT molecular complexity index is 886. The smallest absolute Gasteiger partial charge is 0.325 e. The van der Waals surface area contributed by atoms with Crippen LogP contribution in [-0.2, 0) is 14.3 Å². The second kappa shape index (κ2) is 11.4. The molecule has 0 saturated carbocycles. The topological polar surface area (TPSA) is 103 Å². The van der Waals surface area contributed by atoms with Crippen LogP contribution in [0.25, 0.3) is 0 Å². The van der Waals surface area contributed by atoms with Crippen molar-refractivity contribution in [1.29, 1.82) is 0 Å². The fraction of sp³-hybridized carbons (Fsp3) is 0.286. The van der Waals surface area contributed by atoms with Crippen LogP contribution in [-0.4, -0.2) is 44.1 Å². The predicted octanol–water partition coefficient (Wildman–Crippen LogP) is 2.53. The average molecular weight is 418 g/mol. The summed E-state index contributed by atoms with van der Waals surface area (Å²) in [5.74, 6) is -1.37. The molecule has 160 valence electrons. The second-order valence-corrected chi connectivity index (χ2v) is 5.93. The lowest BCUT2D eigenvalue weighted by atomic mass is 10.2. The van der Waals surface area contributed by atoms with Gasteiger partial charge in [-0.1, -0.05) is 0 Å². The number of carbonyl (C=O) groups is 3. The first kappa shape index (κ1) is 22.7. The largest absolute Gasteiger partial charge is 0.490 e. The summed E-state index contributed by atoms with van der Waals surface area (Å²) < 4.78 is 28.6. The van der Waals surface area contributed by atoms with Crippen molar-refractivity contribution < 1.29 is 33.0 Å². The summed E-state index contributed by atoms with van der Waals surface area (Å²) >= 11 is 0. The minimum Gasteiger partial charge on any atom is -0.490 e. The van der Waals surface area contributed by atoms with E-state index in [9.17, 15) is 18.8 Å². The third-order valence-electron chi connectivity index (χ3n) is 3.69. The molecule has 2 amide bonds. The Hall–Kier alpha value is -3.62. The minimum atomic E-state index is -0.784. The van der Waals surface area contributed by atoms with Crippen molar-refractivity contribution in [3.63, 3.8) is 0 Å². The number of rotatable bonds is 10. The highest BCUT2D eigenvalue weighted by Crippen LogP contribution is 2.28. The molecule has 30 heavy (non-hydrogen) atoms. The first-order valence-corrected chi connectivity index (χ1v) is 9.31. The van der Waals surface area contributed by atoms with Crippen molar-refractivity contribution in [2.45, 2.75) is 13.8 Å². The molecule has 0 fully saturated rings. The van der Waals surface area contributed by atoms with Gasteiger partial charge >= 0.3 is 5.97 Å². The van der Waals surface area contributed by atoms with Gasteiger partial charge in [-0.15, -0.1) is 0 Å². The summed E-state index contributed by atoms with van der Waals surface area (Å²) in [6.45, 7) is 3.54. The lowest BCUT2D eigenvalue weighted by molar-refractivity contribution is -0.146. The molecule has 0 unspecified atom stereocenters. The molecule has 0 atom stereocenters. The van der Waals surface area contributed by atoms with Crippen LogP contribution >= 0.6 is 0 Å². The highest BCUT2D eigenvalue weighted by molar-refractivity contribution is 5.97. The molecule has 2 aromatic rings. The molecule has 0 spiro atoms. The minimum absolute atomic E-state index is 0.281. The van der Waals surface area contributed by atoms with Crippen LogP contribution in [0.15, 0.2) is 42.5 Å². The van der Waals surface area contributed by atoms with E-state index in [1.807, 2.05) is 13.8 Å². The highest BCUT2D eigenvalue weighted by Gasteiger charge is 2.14. The van der Waals surface area contributed by atoms with E-state index < -0.39 is 36.8 Å². The van der Waals surface area contributed by atoms with Crippen molar-refractivity contribution in [1.82, 2.24) is 5.32 Å². The molecule has 0 radical (unpaired) electrons. The van der Waals surface area contributed by atoms with Crippen molar-refractivity contribution in [2.24, 2.45) is 0 Å². The van der Waals surface area contributed by atoms with E-state index >= 15 is 0 Å². The van der Waals surface area contributed by atoms with Crippen LogP contribution in [0, 0.1) is 5.82 Å². The second-order valence-electron chi connectivity index (χ2n) is 5.93.